The largest absolute Gasteiger partial charge is 0.323 e. The van der Waals surface area contributed by atoms with Crippen molar-refractivity contribution < 1.29 is 9.18 Å². The number of urea groups is 1. The number of nitrogens with zero attached hydrogens (tertiary/aromatic N) is 1. The molecule has 120 valence electrons. The van der Waals surface area contributed by atoms with Crippen LogP contribution in [0.25, 0.3) is 0 Å². The van der Waals surface area contributed by atoms with Crippen molar-refractivity contribution in [1.82, 2.24) is 4.90 Å². The van der Waals surface area contributed by atoms with Crippen LogP contribution in [-0.2, 0) is 6.42 Å². The van der Waals surface area contributed by atoms with Crippen molar-refractivity contribution in [3.63, 3.8) is 0 Å². The molecule has 5 heteroatoms. The van der Waals surface area contributed by atoms with Crippen molar-refractivity contribution in [3.05, 3.63) is 65.5 Å². The van der Waals surface area contributed by atoms with Gasteiger partial charge in [-0.15, -0.1) is 11.8 Å². The van der Waals surface area contributed by atoms with E-state index in [1.165, 1.54) is 11.6 Å². The molecule has 2 aromatic rings. The Balaban J connectivity index is 1.74. The van der Waals surface area contributed by atoms with E-state index < -0.39 is 0 Å². The van der Waals surface area contributed by atoms with Crippen molar-refractivity contribution in [2.75, 3.05) is 17.6 Å². The Hall–Kier alpha value is -2.01. The number of aryl methyl sites for hydroxylation is 1. The average Bonchev–Trinajstić information content (AvgIpc) is 3.05. The van der Waals surface area contributed by atoms with Crippen LogP contribution in [0.5, 0.6) is 0 Å². The van der Waals surface area contributed by atoms with Gasteiger partial charge in [-0.1, -0.05) is 37.3 Å². The Morgan fingerprint density at radius 1 is 1.26 bits per heavy atom. The summed E-state index contributed by atoms with van der Waals surface area (Å²) in [6.07, 6.45) is 0.965. The van der Waals surface area contributed by atoms with E-state index in [2.05, 4.69) is 12.2 Å². The van der Waals surface area contributed by atoms with E-state index in [0.717, 1.165) is 17.9 Å². The maximum atomic E-state index is 14.0. The van der Waals surface area contributed by atoms with Gasteiger partial charge < -0.3 is 10.2 Å². The lowest BCUT2D eigenvalue weighted by Gasteiger charge is -2.24. The first-order valence-electron chi connectivity index (χ1n) is 7.71. The predicted octanol–water partition coefficient (Wildman–Crippen LogP) is 4.67. The van der Waals surface area contributed by atoms with Crippen LogP contribution < -0.4 is 5.32 Å². The first kappa shape index (κ1) is 15.9. The number of thioether (sulfide) groups is 1. The molecule has 0 aliphatic carbocycles. The number of anilines is 1. The van der Waals surface area contributed by atoms with E-state index in [1.54, 1.807) is 34.9 Å². The second-order valence-electron chi connectivity index (χ2n) is 5.42. The minimum absolute atomic E-state index is 0.187. The Morgan fingerprint density at radius 3 is 2.70 bits per heavy atom. The zero-order valence-corrected chi connectivity index (χ0v) is 13.8. The summed E-state index contributed by atoms with van der Waals surface area (Å²) in [4.78, 5) is 14.2. The molecule has 2 aromatic carbocycles. The fourth-order valence-corrected chi connectivity index (χ4v) is 3.91. The van der Waals surface area contributed by atoms with Gasteiger partial charge in [0.25, 0.3) is 0 Å². The number of rotatable bonds is 3. The third-order valence-corrected chi connectivity index (χ3v) is 5.18. The summed E-state index contributed by atoms with van der Waals surface area (Å²) in [6, 6.07) is 14.3. The van der Waals surface area contributed by atoms with Gasteiger partial charge in [-0.2, -0.15) is 0 Å². The van der Waals surface area contributed by atoms with Crippen LogP contribution in [0.15, 0.2) is 48.5 Å². The lowest BCUT2D eigenvalue weighted by molar-refractivity contribution is 0.213. The first-order chi connectivity index (χ1) is 11.2. The summed E-state index contributed by atoms with van der Waals surface area (Å²) in [5, 5.41) is 2.63. The third kappa shape index (κ3) is 3.50. The Labute approximate surface area is 139 Å². The number of benzene rings is 2. The molecule has 0 radical (unpaired) electrons. The van der Waals surface area contributed by atoms with E-state index in [4.69, 9.17) is 0 Å². The Kier molecular flexibility index (Phi) is 4.86. The number of carbonyl (C=O) groups is 1. The van der Waals surface area contributed by atoms with Gasteiger partial charge in [-0.05, 0) is 30.2 Å². The van der Waals surface area contributed by atoms with E-state index in [0.29, 0.717) is 12.1 Å². The van der Waals surface area contributed by atoms with Crippen molar-refractivity contribution in [1.29, 1.82) is 0 Å². The highest BCUT2D eigenvalue weighted by atomic mass is 32.2. The van der Waals surface area contributed by atoms with Crippen LogP contribution in [0.1, 0.15) is 23.4 Å². The van der Waals surface area contributed by atoms with Crippen molar-refractivity contribution >= 4 is 23.5 Å². The van der Waals surface area contributed by atoms with Crippen LogP contribution in [-0.4, -0.2) is 23.2 Å². The number of halogens is 1. The molecule has 0 bridgehead atoms. The van der Waals surface area contributed by atoms with E-state index in [9.17, 15) is 9.18 Å². The number of amides is 2. The summed E-state index contributed by atoms with van der Waals surface area (Å²) in [5.74, 6) is 0.540. The monoisotopic (exact) mass is 330 g/mol. The fraction of sp³-hybridized carbons (Fsp3) is 0.278. The Bertz CT molecular complexity index is 690. The molecular weight excluding hydrogens is 311 g/mol. The summed E-state index contributed by atoms with van der Waals surface area (Å²) < 4.78 is 14.0. The SMILES string of the molecule is CCc1ccc(NC(=O)N2CCS[C@@H]2c2ccccc2F)cc1. The summed E-state index contributed by atoms with van der Waals surface area (Å²) in [5.41, 5.74) is 2.55. The molecule has 1 N–H and O–H groups in total. The highest BCUT2D eigenvalue weighted by Gasteiger charge is 2.32. The number of hydrogen-bond acceptors (Lipinski definition) is 2. The van der Waals surface area contributed by atoms with Crippen LogP contribution >= 0.6 is 11.8 Å². The second-order valence-corrected chi connectivity index (χ2v) is 6.61. The lowest BCUT2D eigenvalue weighted by Crippen LogP contribution is -2.34. The topological polar surface area (TPSA) is 32.3 Å². The predicted molar refractivity (Wildman–Crippen MR) is 93.1 cm³/mol. The molecule has 0 saturated carbocycles. The second kappa shape index (κ2) is 7.04. The highest BCUT2D eigenvalue weighted by Crippen LogP contribution is 2.39. The molecule has 3 nitrogen and oxygen atoms in total. The molecule has 1 heterocycles. The van der Waals surface area contributed by atoms with Gasteiger partial charge in [0.1, 0.15) is 11.2 Å². The average molecular weight is 330 g/mol. The normalized spacial score (nSPS) is 17.3. The highest BCUT2D eigenvalue weighted by molar-refractivity contribution is 7.99. The van der Waals surface area contributed by atoms with Gasteiger partial charge in [0.15, 0.2) is 0 Å². The summed E-state index contributed by atoms with van der Waals surface area (Å²) in [7, 11) is 0. The molecule has 1 saturated heterocycles. The van der Waals surface area contributed by atoms with Gasteiger partial charge in [0.2, 0.25) is 0 Å². The molecule has 2 amide bonds. The smallest absolute Gasteiger partial charge is 0.308 e. The van der Waals surface area contributed by atoms with E-state index >= 15 is 0 Å². The van der Waals surface area contributed by atoms with Crippen molar-refractivity contribution in [3.8, 4) is 0 Å². The van der Waals surface area contributed by atoms with Crippen LogP contribution in [0.3, 0.4) is 0 Å². The Morgan fingerprint density at radius 2 is 2.00 bits per heavy atom. The first-order valence-corrected chi connectivity index (χ1v) is 8.76. The quantitative estimate of drug-likeness (QED) is 0.887. The van der Waals surface area contributed by atoms with Crippen molar-refractivity contribution in [2.24, 2.45) is 0 Å². The number of carbonyl (C=O) groups excluding carboxylic acids is 1. The van der Waals surface area contributed by atoms with E-state index in [1.807, 2.05) is 24.3 Å². The van der Waals surface area contributed by atoms with Crippen molar-refractivity contribution in [2.45, 2.75) is 18.7 Å². The molecular formula is C18H19FN2OS. The molecule has 3 rings (SSSR count). The molecule has 1 aliphatic heterocycles. The van der Waals surface area contributed by atoms with Gasteiger partial charge in [0, 0.05) is 23.5 Å². The minimum Gasteiger partial charge on any atom is -0.308 e. The van der Waals surface area contributed by atoms with Gasteiger partial charge in [-0.3, -0.25) is 0 Å². The molecule has 0 spiro atoms. The maximum Gasteiger partial charge on any atom is 0.323 e. The third-order valence-electron chi connectivity index (χ3n) is 3.94. The zero-order chi connectivity index (χ0) is 16.2. The molecule has 1 atom stereocenters. The van der Waals surface area contributed by atoms with Crippen LogP contribution in [0.2, 0.25) is 0 Å². The molecule has 0 unspecified atom stereocenters. The van der Waals surface area contributed by atoms with Gasteiger partial charge in [0.05, 0.1) is 0 Å². The number of hydrogen-bond donors (Lipinski definition) is 1. The van der Waals surface area contributed by atoms with Gasteiger partial charge in [-0.25, -0.2) is 9.18 Å². The number of nitrogens with one attached hydrogen (secondary N) is 1. The van der Waals surface area contributed by atoms with Crippen LogP contribution in [0, 0.1) is 5.82 Å². The maximum absolute atomic E-state index is 14.0. The lowest BCUT2D eigenvalue weighted by atomic mass is 10.1. The molecule has 23 heavy (non-hydrogen) atoms. The minimum atomic E-state index is -0.272. The molecule has 1 aliphatic rings. The van der Waals surface area contributed by atoms with E-state index in [-0.39, 0.29) is 17.2 Å². The summed E-state index contributed by atoms with van der Waals surface area (Å²) >= 11 is 1.59. The van der Waals surface area contributed by atoms with Crippen LogP contribution in [0.4, 0.5) is 14.9 Å². The summed E-state index contributed by atoms with van der Waals surface area (Å²) in [6.45, 7) is 2.70. The zero-order valence-electron chi connectivity index (χ0n) is 13.0. The molecule has 1 fully saturated rings. The standard InChI is InChI=1S/C18H19FN2OS/c1-2-13-7-9-14(10-8-13)20-18(22)21-11-12-23-17(21)15-5-3-4-6-16(15)19/h3-10,17H,2,11-12H2,1H3,(H,20,22)/t17-/m1/s1. The molecule has 0 aromatic heterocycles. The fourth-order valence-electron chi connectivity index (χ4n) is 2.63. The van der Waals surface area contributed by atoms with Gasteiger partial charge >= 0.3 is 6.03 Å².